The third-order valence-corrected chi connectivity index (χ3v) is 3.08. The topological polar surface area (TPSA) is 99.1 Å². The third kappa shape index (κ3) is 2.67. The lowest BCUT2D eigenvalue weighted by molar-refractivity contribution is -0.141. The van der Waals surface area contributed by atoms with Crippen molar-refractivity contribution in [2.75, 3.05) is 19.8 Å². The van der Waals surface area contributed by atoms with Crippen LogP contribution in [0.1, 0.15) is 12.8 Å². The van der Waals surface area contributed by atoms with Crippen molar-refractivity contribution in [1.82, 2.24) is 10.2 Å². The maximum Gasteiger partial charge on any atom is 0.326 e. The van der Waals surface area contributed by atoms with Crippen LogP contribution in [0.4, 0.5) is 4.79 Å². The summed E-state index contributed by atoms with van der Waals surface area (Å²) in [6.45, 7) is 1.13. The smallest absolute Gasteiger partial charge is 0.326 e. The number of hydrogen-bond donors (Lipinski definition) is 3. The Morgan fingerprint density at radius 2 is 2.18 bits per heavy atom. The summed E-state index contributed by atoms with van der Waals surface area (Å²) in [4.78, 5) is 24.0. The van der Waals surface area contributed by atoms with Gasteiger partial charge in [-0.1, -0.05) is 0 Å². The van der Waals surface area contributed by atoms with E-state index < -0.39 is 24.1 Å². The highest BCUT2D eigenvalue weighted by Crippen LogP contribution is 2.18. The highest BCUT2D eigenvalue weighted by molar-refractivity contribution is 5.83. The first-order chi connectivity index (χ1) is 8.08. The van der Waals surface area contributed by atoms with Crippen molar-refractivity contribution in [2.45, 2.75) is 31.0 Å². The number of rotatable bonds is 2. The van der Waals surface area contributed by atoms with E-state index in [1.165, 1.54) is 4.90 Å². The molecule has 2 fully saturated rings. The zero-order chi connectivity index (χ0) is 12.4. The third-order valence-electron chi connectivity index (χ3n) is 3.08. The zero-order valence-electron chi connectivity index (χ0n) is 9.33. The van der Waals surface area contributed by atoms with Gasteiger partial charge in [-0.2, -0.15) is 0 Å². The molecular formula is C10H16N2O5. The fraction of sp³-hybridized carbons (Fsp3) is 0.800. The molecule has 3 unspecified atom stereocenters. The van der Waals surface area contributed by atoms with E-state index in [1.54, 1.807) is 0 Å². The van der Waals surface area contributed by atoms with Crippen molar-refractivity contribution in [1.29, 1.82) is 0 Å². The van der Waals surface area contributed by atoms with Gasteiger partial charge >= 0.3 is 12.0 Å². The highest BCUT2D eigenvalue weighted by Gasteiger charge is 2.39. The Kier molecular flexibility index (Phi) is 3.49. The number of carboxylic acids is 1. The molecule has 0 spiro atoms. The number of amides is 2. The second-order valence-electron chi connectivity index (χ2n) is 4.41. The molecule has 2 amide bonds. The number of hydrogen-bond acceptors (Lipinski definition) is 4. The first-order valence-electron chi connectivity index (χ1n) is 5.63. The van der Waals surface area contributed by atoms with Gasteiger partial charge in [-0.05, 0) is 6.42 Å². The molecule has 0 aromatic heterocycles. The molecule has 2 aliphatic heterocycles. The van der Waals surface area contributed by atoms with E-state index in [4.69, 9.17) is 9.84 Å². The summed E-state index contributed by atoms with van der Waals surface area (Å²) < 4.78 is 5.12. The Bertz CT molecular complexity index is 316. The lowest BCUT2D eigenvalue weighted by Gasteiger charge is -2.23. The van der Waals surface area contributed by atoms with Gasteiger partial charge in [-0.15, -0.1) is 0 Å². The van der Waals surface area contributed by atoms with Gasteiger partial charge in [-0.3, -0.25) is 0 Å². The largest absolute Gasteiger partial charge is 0.480 e. The van der Waals surface area contributed by atoms with E-state index in [9.17, 15) is 14.7 Å². The van der Waals surface area contributed by atoms with Crippen LogP contribution >= 0.6 is 0 Å². The van der Waals surface area contributed by atoms with Crippen LogP contribution in [0.5, 0.6) is 0 Å². The number of aliphatic carboxylic acids is 1. The number of carbonyl (C=O) groups excluding carboxylic acids is 1. The molecule has 0 aliphatic carbocycles. The van der Waals surface area contributed by atoms with Crippen LogP contribution in [0.3, 0.4) is 0 Å². The predicted molar refractivity (Wildman–Crippen MR) is 56.5 cm³/mol. The monoisotopic (exact) mass is 244 g/mol. The lowest BCUT2D eigenvalue weighted by Crippen LogP contribution is -2.49. The summed E-state index contributed by atoms with van der Waals surface area (Å²) in [5.41, 5.74) is 0. The number of aliphatic hydroxyl groups is 1. The van der Waals surface area contributed by atoms with Gasteiger partial charge in [0, 0.05) is 19.6 Å². The first-order valence-corrected chi connectivity index (χ1v) is 5.63. The molecule has 2 aliphatic rings. The average Bonchev–Trinajstić information content (AvgIpc) is 2.86. The molecule has 0 radical (unpaired) electrons. The van der Waals surface area contributed by atoms with Gasteiger partial charge in [0.1, 0.15) is 6.04 Å². The maximum atomic E-state index is 11.8. The minimum Gasteiger partial charge on any atom is -0.480 e. The minimum absolute atomic E-state index is 0.0605. The quantitative estimate of drug-likeness (QED) is 0.579. The van der Waals surface area contributed by atoms with Crippen molar-refractivity contribution < 1.29 is 24.5 Å². The van der Waals surface area contributed by atoms with Crippen LogP contribution in [0.25, 0.3) is 0 Å². The van der Waals surface area contributed by atoms with E-state index >= 15 is 0 Å². The molecule has 7 nitrogen and oxygen atoms in total. The Morgan fingerprint density at radius 1 is 1.41 bits per heavy atom. The number of likely N-dealkylation sites (tertiary alicyclic amines) is 1. The molecule has 0 aromatic rings. The van der Waals surface area contributed by atoms with Gasteiger partial charge in [0.25, 0.3) is 0 Å². The predicted octanol–water partition coefficient (Wildman–Crippen LogP) is -0.995. The number of nitrogens with zero attached hydrogens (tertiary/aromatic N) is 1. The van der Waals surface area contributed by atoms with Crippen LogP contribution < -0.4 is 5.32 Å². The van der Waals surface area contributed by atoms with Crippen molar-refractivity contribution in [3.63, 3.8) is 0 Å². The van der Waals surface area contributed by atoms with Gasteiger partial charge in [0.15, 0.2) is 0 Å². The summed E-state index contributed by atoms with van der Waals surface area (Å²) in [6.07, 6.45) is 0.0609. The van der Waals surface area contributed by atoms with Crippen LogP contribution in [-0.2, 0) is 9.53 Å². The molecule has 0 saturated carbocycles. The molecule has 2 saturated heterocycles. The molecule has 7 heteroatoms. The standard InChI is InChI=1S/C10H16N2O5/c13-7-3-8(9(14)15)12(4-7)10(16)11-6-1-2-17-5-6/h6-8,13H,1-5H2,(H,11,16)(H,14,15). The Balaban J connectivity index is 1.94. The van der Waals surface area contributed by atoms with Crippen LogP contribution in [-0.4, -0.2) is 65.1 Å². The number of aliphatic hydroxyl groups excluding tert-OH is 1. The summed E-state index contributed by atoms with van der Waals surface area (Å²) in [6, 6.07) is -1.44. The highest BCUT2D eigenvalue weighted by atomic mass is 16.5. The van der Waals surface area contributed by atoms with E-state index in [2.05, 4.69) is 5.32 Å². The molecule has 96 valence electrons. The zero-order valence-corrected chi connectivity index (χ0v) is 9.33. The van der Waals surface area contributed by atoms with E-state index in [0.717, 1.165) is 6.42 Å². The van der Waals surface area contributed by atoms with Crippen LogP contribution in [0, 0.1) is 0 Å². The molecule has 0 aromatic carbocycles. The maximum absolute atomic E-state index is 11.8. The van der Waals surface area contributed by atoms with Gasteiger partial charge in [0.2, 0.25) is 0 Å². The van der Waals surface area contributed by atoms with Crippen molar-refractivity contribution in [2.24, 2.45) is 0 Å². The summed E-state index contributed by atoms with van der Waals surface area (Å²) >= 11 is 0. The number of β-amino-alcohol motifs (C(OH)–C–C–N with tert-alkyl or cyclic N) is 1. The fourth-order valence-electron chi connectivity index (χ4n) is 2.18. The molecule has 2 heterocycles. The van der Waals surface area contributed by atoms with Gasteiger partial charge < -0.3 is 25.2 Å². The molecule has 2 rings (SSSR count). The average molecular weight is 244 g/mol. The number of carbonyl (C=O) groups is 2. The number of carboxylic acid groups (broad SMARTS) is 1. The van der Waals surface area contributed by atoms with Crippen LogP contribution in [0.15, 0.2) is 0 Å². The second-order valence-corrected chi connectivity index (χ2v) is 4.41. The number of urea groups is 1. The minimum atomic E-state index is -1.08. The lowest BCUT2D eigenvalue weighted by atomic mass is 10.2. The summed E-state index contributed by atoms with van der Waals surface area (Å²) in [5, 5.41) is 21.1. The van der Waals surface area contributed by atoms with Crippen molar-refractivity contribution in [3.05, 3.63) is 0 Å². The second kappa shape index (κ2) is 4.89. The Morgan fingerprint density at radius 3 is 2.76 bits per heavy atom. The van der Waals surface area contributed by atoms with Gasteiger partial charge in [0.05, 0.1) is 18.8 Å². The van der Waals surface area contributed by atoms with Crippen molar-refractivity contribution in [3.8, 4) is 0 Å². The molecule has 17 heavy (non-hydrogen) atoms. The normalized spacial score (nSPS) is 32.8. The first kappa shape index (κ1) is 12.1. The molecule has 3 N–H and O–H groups in total. The molecule has 0 bridgehead atoms. The summed E-state index contributed by atoms with van der Waals surface area (Å²) in [7, 11) is 0. The van der Waals surface area contributed by atoms with Gasteiger partial charge in [-0.25, -0.2) is 9.59 Å². The molecular weight excluding hydrogens is 228 g/mol. The van der Waals surface area contributed by atoms with E-state index in [1.807, 2.05) is 0 Å². The van der Waals surface area contributed by atoms with E-state index in [0.29, 0.717) is 13.2 Å². The van der Waals surface area contributed by atoms with E-state index in [-0.39, 0.29) is 19.0 Å². The number of ether oxygens (including phenoxy) is 1. The molecule has 3 atom stereocenters. The van der Waals surface area contributed by atoms with Crippen LogP contribution in [0.2, 0.25) is 0 Å². The number of nitrogens with one attached hydrogen (secondary N) is 1. The van der Waals surface area contributed by atoms with Crippen molar-refractivity contribution >= 4 is 12.0 Å². The SMILES string of the molecule is O=C(O)C1CC(O)CN1C(=O)NC1CCOC1. The fourth-order valence-corrected chi connectivity index (χ4v) is 2.18. The Hall–Kier alpha value is -1.34. The summed E-state index contributed by atoms with van der Waals surface area (Å²) in [5.74, 6) is -1.08. The Labute approximate surface area is 98.3 Å².